The molecule has 0 saturated heterocycles. The lowest BCUT2D eigenvalue weighted by Gasteiger charge is -2.04. The molecule has 0 aliphatic heterocycles. The number of carbonyl (C=O) groups excluding carboxylic acids is 1. The van der Waals surface area contributed by atoms with Crippen LogP contribution in [-0.4, -0.2) is 16.7 Å². The zero-order valence-corrected chi connectivity index (χ0v) is 5.91. The first-order valence-electron chi connectivity index (χ1n) is 2.13. The molecule has 2 nitrogen and oxygen atoms in total. The van der Waals surface area contributed by atoms with Gasteiger partial charge in [-0.2, -0.15) is 0 Å². The molecule has 0 aromatic rings. The molecule has 2 atom stereocenters. The lowest BCUT2D eigenvalue weighted by molar-refractivity contribution is -0.117. The number of halogens is 2. The average Bonchev–Trinajstić information content (AvgIpc) is 1.64. The van der Waals surface area contributed by atoms with Gasteiger partial charge >= 0.3 is 0 Å². The van der Waals surface area contributed by atoms with Crippen LogP contribution >= 0.6 is 23.2 Å². The maximum atomic E-state index is 10.1. The van der Waals surface area contributed by atoms with Crippen LogP contribution in [0.25, 0.3) is 0 Å². The van der Waals surface area contributed by atoms with Crippen molar-refractivity contribution in [3.63, 3.8) is 0 Å². The summed E-state index contributed by atoms with van der Waals surface area (Å²) in [7, 11) is 0. The van der Waals surface area contributed by atoms with E-state index in [1.165, 1.54) is 0 Å². The molecular weight excluding hydrogens is 149 g/mol. The third-order valence-electron chi connectivity index (χ3n) is 0.675. The summed E-state index contributed by atoms with van der Waals surface area (Å²) >= 11 is 10.7. The molecule has 0 aliphatic carbocycles. The van der Waals surface area contributed by atoms with Crippen molar-refractivity contribution < 1.29 is 4.79 Å². The highest BCUT2D eigenvalue weighted by atomic mass is 35.5. The number of amides is 1. The van der Waals surface area contributed by atoms with Gasteiger partial charge in [0.05, 0.1) is 5.38 Å². The molecule has 4 heteroatoms. The number of rotatable bonds is 2. The smallest absolute Gasteiger partial charge is 0.236 e. The van der Waals surface area contributed by atoms with Crippen molar-refractivity contribution in [3.05, 3.63) is 0 Å². The Hall–Kier alpha value is 0.0500. The van der Waals surface area contributed by atoms with Gasteiger partial charge in [0, 0.05) is 0 Å². The van der Waals surface area contributed by atoms with Gasteiger partial charge in [-0.15, -0.1) is 23.2 Å². The first kappa shape index (κ1) is 8.05. The zero-order valence-electron chi connectivity index (χ0n) is 4.40. The van der Waals surface area contributed by atoms with Crippen molar-refractivity contribution in [2.45, 2.75) is 17.7 Å². The summed E-state index contributed by atoms with van der Waals surface area (Å²) in [6.07, 6.45) is 0. The van der Waals surface area contributed by atoms with E-state index in [-0.39, 0.29) is 0 Å². The molecule has 0 spiro atoms. The van der Waals surface area contributed by atoms with E-state index >= 15 is 0 Å². The van der Waals surface area contributed by atoms with E-state index in [1.54, 1.807) is 6.92 Å². The maximum absolute atomic E-state index is 10.1. The fourth-order valence-corrected chi connectivity index (χ4v) is 0.351. The Morgan fingerprint density at radius 3 is 2.00 bits per heavy atom. The van der Waals surface area contributed by atoms with Crippen molar-refractivity contribution in [1.82, 2.24) is 0 Å². The summed E-state index contributed by atoms with van der Waals surface area (Å²) < 4.78 is 0. The summed E-state index contributed by atoms with van der Waals surface area (Å²) in [6, 6.07) is 0. The van der Waals surface area contributed by atoms with Crippen LogP contribution in [0.3, 0.4) is 0 Å². The summed E-state index contributed by atoms with van der Waals surface area (Å²) in [5.74, 6) is -0.575. The van der Waals surface area contributed by atoms with Gasteiger partial charge < -0.3 is 5.73 Å². The molecule has 0 bridgehead atoms. The Morgan fingerprint density at radius 1 is 1.62 bits per heavy atom. The van der Waals surface area contributed by atoms with E-state index < -0.39 is 16.7 Å². The fourth-order valence-electron chi connectivity index (χ4n) is 0.226. The molecule has 1 amide bonds. The van der Waals surface area contributed by atoms with Gasteiger partial charge in [0.1, 0.15) is 5.38 Å². The second-order valence-electron chi connectivity index (χ2n) is 1.48. The van der Waals surface area contributed by atoms with Crippen molar-refractivity contribution in [1.29, 1.82) is 0 Å². The second kappa shape index (κ2) is 3.15. The van der Waals surface area contributed by atoms with Crippen LogP contribution in [0.15, 0.2) is 0 Å². The SMILES string of the molecule is C[C@@H](Cl)[C@H](Cl)C(N)=O. The normalized spacial score (nSPS) is 17.4. The average molecular weight is 156 g/mol. The summed E-state index contributed by atoms with van der Waals surface area (Å²) in [5.41, 5.74) is 4.78. The first-order valence-corrected chi connectivity index (χ1v) is 3.00. The molecule has 2 N–H and O–H groups in total. The van der Waals surface area contributed by atoms with Crippen LogP contribution in [0.2, 0.25) is 0 Å². The molecule has 0 aromatic carbocycles. The summed E-state index contributed by atoms with van der Waals surface area (Å²) in [6.45, 7) is 1.62. The first-order chi connectivity index (χ1) is 3.55. The van der Waals surface area contributed by atoms with Crippen LogP contribution in [0, 0.1) is 0 Å². The minimum absolute atomic E-state index is 0.394. The molecular formula is C4H7Cl2NO. The second-order valence-corrected chi connectivity index (χ2v) is 2.64. The highest BCUT2D eigenvalue weighted by Gasteiger charge is 2.16. The van der Waals surface area contributed by atoms with Crippen LogP contribution in [0.1, 0.15) is 6.92 Å². The summed E-state index contributed by atoms with van der Waals surface area (Å²) in [5, 5.41) is -1.15. The standard InChI is InChI=1S/C4H7Cl2NO/c1-2(5)3(6)4(7)8/h2-3H,1H3,(H2,7,8)/t2-,3+/m1/s1. The molecule has 0 heterocycles. The van der Waals surface area contributed by atoms with Crippen molar-refractivity contribution in [2.75, 3.05) is 0 Å². The van der Waals surface area contributed by atoms with Gasteiger partial charge in [0.25, 0.3) is 0 Å². The topological polar surface area (TPSA) is 43.1 Å². The molecule has 8 heavy (non-hydrogen) atoms. The number of alkyl halides is 2. The maximum Gasteiger partial charge on any atom is 0.236 e. The Morgan fingerprint density at radius 2 is 2.00 bits per heavy atom. The number of nitrogens with two attached hydrogens (primary N) is 1. The van der Waals surface area contributed by atoms with Crippen LogP contribution in [0.5, 0.6) is 0 Å². The van der Waals surface area contributed by atoms with Crippen LogP contribution < -0.4 is 5.73 Å². The molecule has 0 aromatic heterocycles. The van der Waals surface area contributed by atoms with Gasteiger partial charge in [-0.3, -0.25) is 4.79 Å². The Kier molecular flexibility index (Phi) is 3.17. The minimum Gasteiger partial charge on any atom is -0.368 e. The van der Waals surface area contributed by atoms with E-state index in [0.29, 0.717) is 0 Å². The Labute approximate surface area is 57.9 Å². The molecule has 0 saturated carbocycles. The van der Waals surface area contributed by atoms with E-state index in [2.05, 4.69) is 0 Å². The Bertz CT molecular complexity index is 94.0. The van der Waals surface area contributed by atoms with E-state index in [9.17, 15) is 4.79 Å². The molecule has 0 aliphatic rings. The van der Waals surface area contributed by atoms with E-state index in [1.807, 2.05) is 0 Å². The summed E-state index contributed by atoms with van der Waals surface area (Å²) in [4.78, 5) is 10.1. The zero-order chi connectivity index (χ0) is 6.73. The van der Waals surface area contributed by atoms with Crippen LogP contribution in [-0.2, 0) is 4.79 Å². The monoisotopic (exact) mass is 155 g/mol. The third kappa shape index (κ3) is 2.38. The van der Waals surface area contributed by atoms with Gasteiger partial charge in [-0.1, -0.05) is 0 Å². The van der Waals surface area contributed by atoms with Gasteiger partial charge in [0.15, 0.2) is 0 Å². The van der Waals surface area contributed by atoms with Crippen molar-refractivity contribution in [3.8, 4) is 0 Å². The predicted octanol–water partition coefficient (Wildman–Crippen LogP) is 0.706. The quantitative estimate of drug-likeness (QED) is 0.587. The minimum atomic E-state index is -0.753. The number of primary amides is 1. The van der Waals surface area contributed by atoms with Crippen molar-refractivity contribution >= 4 is 29.1 Å². The van der Waals surface area contributed by atoms with Gasteiger partial charge in [0.2, 0.25) is 5.91 Å². The number of hydrogen-bond acceptors (Lipinski definition) is 1. The molecule has 48 valence electrons. The predicted molar refractivity (Wildman–Crippen MR) is 34.2 cm³/mol. The molecule has 0 rings (SSSR count). The Balaban J connectivity index is 3.64. The molecule has 0 fully saturated rings. The number of hydrogen-bond donors (Lipinski definition) is 1. The van der Waals surface area contributed by atoms with Crippen LogP contribution in [0.4, 0.5) is 0 Å². The molecule has 0 radical (unpaired) electrons. The van der Waals surface area contributed by atoms with Crippen molar-refractivity contribution in [2.24, 2.45) is 5.73 Å². The lowest BCUT2D eigenvalue weighted by Crippen LogP contribution is -2.29. The molecule has 0 unspecified atom stereocenters. The van der Waals surface area contributed by atoms with Gasteiger partial charge in [-0.25, -0.2) is 0 Å². The fraction of sp³-hybridized carbons (Fsp3) is 0.750. The van der Waals surface area contributed by atoms with E-state index in [4.69, 9.17) is 28.9 Å². The van der Waals surface area contributed by atoms with E-state index in [0.717, 1.165) is 0 Å². The third-order valence-corrected chi connectivity index (χ3v) is 1.65. The lowest BCUT2D eigenvalue weighted by atomic mass is 10.3. The highest BCUT2D eigenvalue weighted by Crippen LogP contribution is 2.07. The highest BCUT2D eigenvalue weighted by molar-refractivity contribution is 6.37. The number of carbonyl (C=O) groups is 1. The largest absolute Gasteiger partial charge is 0.368 e. The van der Waals surface area contributed by atoms with Gasteiger partial charge in [-0.05, 0) is 6.92 Å².